The Kier molecular flexibility index (Phi) is 7.35. The number of hydrogen-bond donors (Lipinski definition) is 0. The third kappa shape index (κ3) is 6.31. The standard InChI is InChI=1S/C17H25NO2/c1-3-9-16(10-4-1)15-18-12-6-2-7-13-19-17-11-5-8-14-20-17/h1,3-4,9-10,12,17H,2,5-8,11,13-15H2. The molecule has 1 heterocycles. The van der Waals surface area contributed by atoms with Crippen molar-refractivity contribution in [1.82, 2.24) is 0 Å². The molecule has 0 aliphatic carbocycles. The fourth-order valence-electron chi connectivity index (χ4n) is 2.24. The molecular weight excluding hydrogens is 250 g/mol. The van der Waals surface area contributed by atoms with Crippen LogP contribution in [0.1, 0.15) is 44.1 Å². The first-order valence-electron chi connectivity index (χ1n) is 7.70. The van der Waals surface area contributed by atoms with Crippen LogP contribution in [-0.2, 0) is 16.0 Å². The van der Waals surface area contributed by atoms with Gasteiger partial charge in [0.05, 0.1) is 6.54 Å². The summed E-state index contributed by atoms with van der Waals surface area (Å²) in [6.45, 7) is 2.45. The molecular formula is C17H25NO2. The number of hydrogen-bond acceptors (Lipinski definition) is 3. The third-order valence-corrected chi connectivity index (χ3v) is 3.41. The molecule has 1 aromatic carbocycles. The van der Waals surface area contributed by atoms with Crippen LogP contribution in [0.5, 0.6) is 0 Å². The van der Waals surface area contributed by atoms with Gasteiger partial charge in [-0.2, -0.15) is 0 Å². The van der Waals surface area contributed by atoms with E-state index in [2.05, 4.69) is 29.3 Å². The zero-order chi connectivity index (χ0) is 13.9. The van der Waals surface area contributed by atoms with E-state index in [4.69, 9.17) is 9.47 Å². The summed E-state index contributed by atoms with van der Waals surface area (Å²) >= 11 is 0. The maximum Gasteiger partial charge on any atom is 0.157 e. The lowest BCUT2D eigenvalue weighted by molar-refractivity contribution is -0.162. The largest absolute Gasteiger partial charge is 0.353 e. The van der Waals surface area contributed by atoms with E-state index < -0.39 is 0 Å². The molecule has 110 valence electrons. The highest BCUT2D eigenvalue weighted by Gasteiger charge is 2.12. The monoisotopic (exact) mass is 275 g/mol. The van der Waals surface area contributed by atoms with Crippen LogP contribution < -0.4 is 0 Å². The molecule has 0 saturated carbocycles. The first-order chi connectivity index (χ1) is 9.95. The summed E-state index contributed by atoms with van der Waals surface area (Å²) in [6.07, 6.45) is 8.79. The Morgan fingerprint density at radius 1 is 1.20 bits per heavy atom. The Balaban J connectivity index is 1.45. The predicted molar refractivity (Wildman–Crippen MR) is 82.0 cm³/mol. The van der Waals surface area contributed by atoms with Crippen molar-refractivity contribution in [3.8, 4) is 0 Å². The SMILES string of the molecule is C(CCCCOC1CCCCO1)=NCc1ccccc1. The lowest BCUT2D eigenvalue weighted by atomic mass is 10.2. The molecule has 0 spiro atoms. The number of unbranched alkanes of at least 4 members (excludes halogenated alkanes) is 2. The highest BCUT2D eigenvalue weighted by atomic mass is 16.7. The van der Waals surface area contributed by atoms with Crippen molar-refractivity contribution in [1.29, 1.82) is 0 Å². The average molecular weight is 275 g/mol. The zero-order valence-electron chi connectivity index (χ0n) is 12.2. The van der Waals surface area contributed by atoms with Gasteiger partial charge in [0.25, 0.3) is 0 Å². The Hall–Kier alpha value is -1.19. The van der Waals surface area contributed by atoms with Gasteiger partial charge in [-0.25, -0.2) is 0 Å². The molecule has 3 heteroatoms. The number of benzene rings is 1. The molecule has 1 aliphatic rings. The summed E-state index contributed by atoms with van der Waals surface area (Å²) in [5.74, 6) is 0. The van der Waals surface area contributed by atoms with Crippen LogP contribution in [-0.4, -0.2) is 25.7 Å². The van der Waals surface area contributed by atoms with Crippen LogP contribution >= 0.6 is 0 Å². The Labute approximate surface area is 122 Å². The van der Waals surface area contributed by atoms with E-state index in [1.807, 2.05) is 12.3 Å². The van der Waals surface area contributed by atoms with Gasteiger partial charge in [0.15, 0.2) is 6.29 Å². The Morgan fingerprint density at radius 3 is 2.90 bits per heavy atom. The third-order valence-electron chi connectivity index (χ3n) is 3.41. The molecule has 0 radical (unpaired) electrons. The minimum absolute atomic E-state index is 0.0514. The second kappa shape index (κ2) is 9.67. The van der Waals surface area contributed by atoms with Gasteiger partial charge in [0.1, 0.15) is 0 Å². The quantitative estimate of drug-likeness (QED) is 0.531. The second-order valence-corrected chi connectivity index (χ2v) is 5.17. The molecule has 0 amide bonds. The molecule has 1 saturated heterocycles. The normalized spacial score (nSPS) is 19.5. The van der Waals surface area contributed by atoms with Crippen molar-refractivity contribution in [3.05, 3.63) is 35.9 Å². The summed E-state index contributed by atoms with van der Waals surface area (Å²) in [4.78, 5) is 4.44. The van der Waals surface area contributed by atoms with Crippen LogP contribution in [0, 0.1) is 0 Å². The summed E-state index contributed by atoms with van der Waals surface area (Å²) in [6, 6.07) is 10.3. The van der Waals surface area contributed by atoms with E-state index in [9.17, 15) is 0 Å². The summed E-state index contributed by atoms with van der Waals surface area (Å²) in [7, 11) is 0. The predicted octanol–water partition coefficient (Wildman–Crippen LogP) is 3.97. The highest BCUT2D eigenvalue weighted by molar-refractivity contribution is 5.57. The fourth-order valence-corrected chi connectivity index (χ4v) is 2.24. The molecule has 3 nitrogen and oxygen atoms in total. The van der Waals surface area contributed by atoms with Gasteiger partial charge in [-0.1, -0.05) is 30.3 Å². The fraction of sp³-hybridized carbons (Fsp3) is 0.588. The molecule has 0 bridgehead atoms. The van der Waals surface area contributed by atoms with Gasteiger partial charge in [-0.3, -0.25) is 4.99 Å². The van der Waals surface area contributed by atoms with E-state index >= 15 is 0 Å². The lowest BCUT2D eigenvalue weighted by Gasteiger charge is -2.22. The topological polar surface area (TPSA) is 30.8 Å². The molecule has 1 aromatic rings. The van der Waals surface area contributed by atoms with Crippen LogP contribution in [0.25, 0.3) is 0 Å². The molecule has 2 rings (SSSR count). The molecule has 0 N–H and O–H groups in total. The zero-order valence-corrected chi connectivity index (χ0v) is 12.2. The smallest absolute Gasteiger partial charge is 0.157 e. The van der Waals surface area contributed by atoms with Crippen molar-refractivity contribution >= 4 is 6.21 Å². The van der Waals surface area contributed by atoms with Gasteiger partial charge in [0.2, 0.25) is 0 Å². The van der Waals surface area contributed by atoms with E-state index in [1.54, 1.807) is 0 Å². The van der Waals surface area contributed by atoms with E-state index in [0.29, 0.717) is 0 Å². The van der Waals surface area contributed by atoms with Crippen LogP contribution in [0.3, 0.4) is 0 Å². The molecule has 1 unspecified atom stereocenters. The first-order valence-corrected chi connectivity index (χ1v) is 7.70. The van der Waals surface area contributed by atoms with E-state index in [0.717, 1.165) is 45.4 Å². The van der Waals surface area contributed by atoms with Gasteiger partial charge in [0, 0.05) is 13.2 Å². The van der Waals surface area contributed by atoms with Crippen LogP contribution in [0.15, 0.2) is 35.3 Å². The minimum Gasteiger partial charge on any atom is -0.353 e. The molecule has 1 aliphatic heterocycles. The Bertz CT molecular complexity index is 372. The molecule has 1 fully saturated rings. The minimum atomic E-state index is 0.0514. The van der Waals surface area contributed by atoms with E-state index in [1.165, 1.54) is 18.4 Å². The van der Waals surface area contributed by atoms with E-state index in [-0.39, 0.29) is 6.29 Å². The first kappa shape index (κ1) is 15.2. The van der Waals surface area contributed by atoms with Gasteiger partial charge in [-0.15, -0.1) is 0 Å². The Morgan fingerprint density at radius 2 is 2.10 bits per heavy atom. The van der Waals surface area contributed by atoms with Crippen molar-refractivity contribution in [2.75, 3.05) is 13.2 Å². The maximum atomic E-state index is 5.69. The van der Waals surface area contributed by atoms with Gasteiger partial charge in [-0.05, 0) is 50.3 Å². The molecule has 20 heavy (non-hydrogen) atoms. The summed E-state index contributed by atoms with van der Waals surface area (Å²) < 4.78 is 11.2. The van der Waals surface area contributed by atoms with Crippen molar-refractivity contribution in [2.45, 2.75) is 51.4 Å². The van der Waals surface area contributed by atoms with Gasteiger partial charge < -0.3 is 9.47 Å². The van der Waals surface area contributed by atoms with Gasteiger partial charge >= 0.3 is 0 Å². The highest BCUT2D eigenvalue weighted by Crippen LogP contribution is 2.14. The maximum absolute atomic E-state index is 5.69. The lowest BCUT2D eigenvalue weighted by Crippen LogP contribution is -2.22. The number of ether oxygens (including phenoxy) is 2. The average Bonchev–Trinajstić information content (AvgIpc) is 2.52. The van der Waals surface area contributed by atoms with Crippen LogP contribution in [0.2, 0.25) is 0 Å². The second-order valence-electron chi connectivity index (χ2n) is 5.17. The van der Waals surface area contributed by atoms with Crippen molar-refractivity contribution < 1.29 is 9.47 Å². The van der Waals surface area contributed by atoms with Crippen molar-refractivity contribution in [2.24, 2.45) is 4.99 Å². The van der Waals surface area contributed by atoms with Crippen molar-refractivity contribution in [3.63, 3.8) is 0 Å². The summed E-state index contributed by atoms with van der Waals surface area (Å²) in [5, 5.41) is 0. The summed E-state index contributed by atoms with van der Waals surface area (Å²) in [5.41, 5.74) is 1.27. The number of rotatable bonds is 8. The number of aliphatic imine (C=N–C) groups is 1. The van der Waals surface area contributed by atoms with Crippen LogP contribution in [0.4, 0.5) is 0 Å². The number of nitrogens with zero attached hydrogens (tertiary/aromatic N) is 1. The molecule has 1 atom stereocenters. The molecule has 0 aromatic heterocycles.